The van der Waals surface area contributed by atoms with Crippen LogP contribution in [-0.4, -0.2) is 50.8 Å². The predicted octanol–water partition coefficient (Wildman–Crippen LogP) is 2.65. The van der Waals surface area contributed by atoms with Crippen molar-refractivity contribution in [2.24, 2.45) is 0 Å². The first-order chi connectivity index (χ1) is 8.24. The smallest absolute Gasteiger partial charge is 0.0782 e. The molecule has 3 atom stereocenters. The van der Waals surface area contributed by atoms with Crippen LogP contribution in [0.1, 0.15) is 41.5 Å². The van der Waals surface area contributed by atoms with Crippen molar-refractivity contribution in [3.05, 3.63) is 0 Å². The van der Waals surface area contributed by atoms with E-state index in [9.17, 15) is 0 Å². The lowest BCUT2D eigenvalue weighted by Gasteiger charge is -2.24. The van der Waals surface area contributed by atoms with Gasteiger partial charge in [-0.3, -0.25) is 0 Å². The van der Waals surface area contributed by atoms with Gasteiger partial charge in [0.2, 0.25) is 0 Å². The number of hydrogen-bond acceptors (Lipinski definition) is 4. The second kappa shape index (κ2) is 8.86. The van der Waals surface area contributed by atoms with Gasteiger partial charge in [-0.05, 0) is 41.5 Å². The van der Waals surface area contributed by atoms with Gasteiger partial charge in [0, 0.05) is 7.11 Å². The maximum absolute atomic E-state index is 5.67. The number of ether oxygens (including phenoxy) is 4. The molecule has 110 valence electrons. The van der Waals surface area contributed by atoms with Crippen LogP contribution in [-0.2, 0) is 18.9 Å². The Morgan fingerprint density at radius 3 is 1.67 bits per heavy atom. The van der Waals surface area contributed by atoms with Gasteiger partial charge < -0.3 is 18.9 Å². The Bertz CT molecular complexity index is 200. The molecule has 4 nitrogen and oxygen atoms in total. The fourth-order valence-electron chi connectivity index (χ4n) is 1.13. The van der Waals surface area contributed by atoms with Gasteiger partial charge in [0.1, 0.15) is 0 Å². The zero-order valence-electron chi connectivity index (χ0n) is 13.0. The molecule has 0 bridgehead atoms. The second-order valence-corrected chi connectivity index (χ2v) is 5.76. The van der Waals surface area contributed by atoms with Crippen LogP contribution in [0.15, 0.2) is 0 Å². The Morgan fingerprint density at radius 2 is 1.22 bits per heavy atom. The van der Waals surface area contributed by atoms with Crippen molar-refractivity contribution >= 4 is 0 Å². The molecule has 0 fully saturated rings. The third-order valence-corrected chi connectivity index (χ3v) is 2.38. The molecule has 0 saturated carbocycles. The van der Waals surface area contributed by atoms with Gasteiger partial charge >= 0.3 is 0 Å². The highest BCUT2D eigenvalue weighted by atomic mass is 16.6. The Labute approximate surface area is 112 Å². The summed E-state index contributed by atoms with van der Waals surface area (Å²) in [4.78, 5) is 0. The Hall–Kier alpha value is -0.160. The average molecular weight is 262 g/mol. The molecular formula is C14H30O4. The van der Waals surface area contributed by atoms with E-state index >= 15 is 0 Å². The Kier molecular flexibility index (Phi) is 8.78. The van der Waals surface area contributed by atoms with Crippen molar-refractivity contribution in [2.75, 3.05) is 26.9 Å². The minimum atomic E-state index is -0.117. The molecule has 0 aromatic heterocycles. The van der Waals surface area contributed by atoms with E-state index in [2.05, 4.69) is 0 Å². The summed E-state index contributed by atoms with van der Waals surface area (Å²) in [6, 6.07) is 0. The third kappa shape index (κ3) is 11.0. The standard InChI is InChI=1S/C14H30O4/c1-11(15-7)8-16-12(2)9-17-13(3)10-18-14(4,5)6/h11-13H,8-10H2,1-7H3. The first-order valence-corrected chi connectivity index (χ1v) is 6.64. The van der Waals surface area contributed by atoms with Crippen LogP contribution in [0.2, 0.25) is 0 Å². The summed E-state index contributed by atoms with van der Waals surface area (Å²) in [5.41, 5.74) is -0.117. The monoisotopic (exact) mass is 262 g/mol. The maximum Gasteiger partial charge on any atom is 0.0782 e. The average Bonchev–Trinajstić information content (AvgIpc) is 2.29. The molecule has 0 spiro atoms. The molecule has 0 aliphatic heterocycles. The fourth-order valence-corrected chi connectivity index (χ4v) is 1.13. The fraction of sp³-hybridized carbons (Fsp3) is 1.00. The summed E-state index contributed by atoms with van der Waals surface area (Å²) in [7, 11) is 1.68. The minimum absolute atomic E-state index is 0.0692. The molecule has 0 radical (unpaired) electrons. The maximum atomic E-state index is 5.67. The summed E-state index contributed by atoms with van der Waals surface area (Å²) in [6.45, 7) is 13.9. The molecule has 0 aliphatic rings. The molecule has 0 aromatic carbocycles. The zero-order chi connectivity index (χ0) is 14.2. The van der Waals surface area contributed by atoms with Crippen molar-refractivity contribution < 1.29 is 18.9 Å². The van der Waals surface area contributed by atoms with Crippen molar-refractivity contribution in [3.63, 3.8) is 0 Å². The van der Waals surface area contributed by atoms with Crippen LogP contribution < -0.4 is 0 Å². The minimum Gasteiger partial charge on any atom is -0.379 e. The molecule has 0 N–H and O–H groups in total. The molecule has 4 heteroatoms. The normalized spacial score (nSPS) is 17.5. The van der Waals surface area contributed by atoms with Crippen LogP contribution in [0, 0.1) is 0 Å². The van der Waals surface area contributed by atoms with Crippen LogP contribution in [0.3, 0.4) is 0 Å². The summed E-state index contributed by atoms with van der Waals surface area (Å²) in [5.74, 6) is 0. The lowest BCUT2D eigenvalue weighted by molar-refractivity contribution is -0.0955. The third-order valence-electron chi connectivity index (χ3n) is 2.38. The Balaban J connectivity index is 3.62. The topological polar surface area (TPSA) is 36.9 Å². The quantitative estimate of drug-likeness (QED) is 0.640. The Morgan fingerprint density at radius 1 is 0.778 bits per heavy atom. The van der Waals surface area contributed by atoms with E-state index in [0.717, 1.165) is 0 Å². The van der Waals surface area contributed by atoms with E-state index in [1.807, 2.05) is 41.5 Å². The number of methoxy groups -OCH3 is 1. The second-order valence-electron chi connectivity index (χ2n) is 5.76. The van der Waals surface area contributed by atoms with Gasteiger partial charge in [-0.25, -0.2) is 0 Å². The largest absolute Gasteiger partial charge is 0.379 e. The zero-order valence-corrected chi connectivity index (χ0v) is 13.0. The van der Waals surface area contributed by atoms with E-state index in [0.29, 0.717) is 19.8 Å². The molecule has 18 heavy (non-hydrogen) atoms. The molecule has 0 heterocycles. The first kappa shape index (κ1) is 17.8. The van der Waals surface area contributed by atoms with Gasteiger partial charge in [0.05, 0.1) is 43.7 Å². The van der Waals surface area contributed by atoms with Crippen molar-refractivity contribution in [2.45, 2.75) is 65.5 Å². The van der Waals surface area contributed by atoms with Gasteiger partial charge in [0.15, 0.2) is 0 Å². The molecule has 0 aliphatic carbocycles. The van der Waals surface area contributed by atoms with Gasteiger partial charge in [-0.1, -0.05) is 0 Å². The summed E-state index contributed by atoms with van der Waals surface area (Å²) < 4.78 is 22.0. The summed E-state index contributed by atoms with van der Waals surface area (Å²) in [5, 5.41) is 0. The lowest BCUT2D eigenvalue weighted by Crippen LogP contribution is -2.29. The molecular weight excluding hydrogens is 232 g/mol. The molecule has 3 unspecified atom stereocenters. The van der Waals surface area contributed by atoms with Crippen molar-refractivity contribution in [1.29, 1.82) is 0 Å². The van der Waals surface area contributed by atoms with E-state index < -0.39 is 0 Å². The molecule has 0 amide bonds. The van der Waals surface area contributed by atoms with Crippen LogP contribution in [0.4, 0.5) is 0 Å². The van der Waals surface area contributed by atoms with Crippen LogP contribution in [0.25, 0.3) is 0 Å². The highest BCUT2D eigenvalue weighted by Gasteiger charge is 2.14. The van der Waals surface area contributed by atoms with Gasteiger partial charge in [-0.2, -0.15) is 0 Å². The highest BCUT2D eigenvalue weighted by Crippen LogP contribution is 2.08. The van der Waals surface area contributed by atoms with E-state index in [4.69, 9.17) is 18.9 Å². The summed E-state index contributed by atoms with van der Waals surface area (Å²) in [6.07, 6.45) is 0.268. The van der Waals surface area contributed by atoms with Crippen LogP contribution >= 0.6 is 0 Å². The van der Waals surface area contributed by atoms with E-state index in [1.54, 1.807) is 7.11 Å². The molecule has 0 rings (SSSR count). The van der Waals surface area contributed by atoms with Crippen molar-refractivity contribution in [3.8, 4) is 0 Å². The van der Waals surface area contributed by atoms with Gasteiger partial charge in [0.25, 0.3) is 0 Å². The molecule has 0 aromatic rings. The number of hydrogen-bond donors (Lipinski definition) is 0. The van der Waals surface area contributed by atoms with E-state index in [-0.39, 0.29) is 23.9 Å². The predicted molar refractivity (Wildman–Crippen MR) is 73.0 cm³/mol. The van der Waals surface area contributed by atoms with Crippen LogP contribution in [0.5, 0.6) is 0 Å². The molecule has 0 saturated heterocycles. The summed E-state index contributed by atoms with van der Waals surface area (Å²) >= 11 is 0. The van der Waals surface area contributed by atoms with Crippen molar-refractivity contribution in [1.82, 2.24) is 0 Å². The lowest BCUT2D eigenvalue weighted by atomic mass is 10.2. The van der Waals surface area contributed by atoms with E-state index in [1.165, 1.54) is 0 Å². The highest BCUT2D eigenvalue weighted by molar-refractivity contribution is 4.61. The number of rotatable bonds is 9. The first-order valence-electron chi connectivity index (χ1n) is 6.64. The van der Waals surface area contributed by atoms with Gasteiger partial charge in [-0.15, -0.1) is 0 Å². The SMILES string of the molecule is COC(C)COC(C)COC(C)COC(C)(C)C.